The molecule has 2 N–H and O–H groups in total. The largest absolute Gasteiger partial charge is 0.505 e. The van der Waals surface area contributed by atoms with Crippen LogP contribution < -0.4 is 5.32 Å². The molecule has 0 saturated carbocycles. The van der Waals surface area contributed by atoms with Crippen molar-refractivity contribution in [3.8, 4) is 17.0 Å². The van der Waals surface area contributed by atoms with Gasteiger partial charge in [0.2, 0.25) is 0 Å². The van der Waals surface area contributed by atoms with Crippen LogP contribution in [0.2, 0.25) is 5.02 Å². The molecule has 1 heterocycles. The molecule has 0 radical (unpaired) electrons. The molecule has 0 bridgehead atoms. The average molecular weight is 375 g/mol. The first-order valence-corrected chi connectivity index (χ1v) is 8.75. The molecule has 0 aliphatic rings. The first-order valence-electron chi connectivity index (χ1n) is 8.37. The summed E-state index contributed by atoms with van der Waals surface area (Å²) in [5, 5.41) is 15.3. The first kappa shape index (κ1) is 17.1. The number of carbonyl (C=O) groups excluding carboxylic acids is 1. The van der Waals surface area contributed by atoms with Gasteiger partial charge in [-0.25, -0.2) is 4.98 Å². The summed E-state index contributed by atoms with van der Waals surface area (Å²) in [5.41, 5.74) is 2.00. The molecule has 0 unspecified atom stereocenters. The van der Waals surface area contributed by atoms with E-state index in [0.717, 1.165) is 10.9 Å². The fourth-order valence-electron chi connectivity index (χ4n) is 2.98. The van der Waals surface area contributed by atoms with Gasteiger partial charge in [0.05, 0.1) is 5.69 Å². The lowest BCUT2D eigenvalue weighted by molar-refractivity contribution is 0.102. The van der Waals surface area contributed by atoms with Gasteiger partial charge in [0.15, 0.2) is 11.4 Å². The third kappa shape index (κ3) is 3.35. The number of amides is 1. The zero-order chi connectivity index (χ0) is 18.8. The summed E-state index contributed by atoms with van der Waals surface area (Å²) < 4.78 is 0. The van der Waals surface area contributed by atoms with Gasteiger partial charge in [-0.3, -0.25) is 4.79 Å². The van der Waals surface area contributed by atoms with Crippen molar-refractivity contribution >= 4 is 34.0 Å². The number of pyridine rings is 1. The smallest absolute Gasteiger partial charge is 0.278 e. The Balaban J connectivity index is 1.85. The summed E-state index contributed by atoms with van der Waals surface area (Å²) in [6, 6.07) is 23.7. The van der Waals surface area contributed by atoms with Crippen LogP contribution in [0.4, 0.5) is 5.69 Å². The van der Waals surface area contributed by atoms with Gasteiger partial charge in [0.25, 0.3) is 5.91 Å². The summed E-state index contributed by atoms with van der Waals surface area (Å²) in [4.78, 5) is 17.3. The zero-order valence-corrected chi connectivity index (χ0v) is 14.9. The normalized spacial score (nSPS) is 10.7. The standard InChI is InChI=1S/C22H15ClN2O2/c23-15-9-6-10-16(13-15)24-22(27)20-21(26)18-12-5-4-11-17(18)19(25-20)14-7-2-1-3-8-14/h1-13,26H,(H,24,27). The van der Waals surface area contributed by atoms with Crippen molar-refractivity contribution in [1.82, 2.24) is 4.98 Å². The minimum absolute atomic E-state index is 0.0347. The highest BCUT2D eigenvalue weighted by Gasteiger charge is 2.20. The van der Waals surface area contributed by atoms with Crippen LogP contribution in [0.3, 0.4) is 0 Å². The number of nitrogens with one attached hydrogen (secondary N) is 1. The number of hydrogen-bond donors (Lipinski definition) is 2. The number of fused-ring (bicyclic) bond motifs is 1. The molecule has 132 valence electrons. The Morgan fingerprint density at radius 1 is 0.889 bits per heavy atom. The molecular weight excluding hydrogens is 360 g/mol. The van der Waals surface area contributed by atoms with Gasteiger partial charge in [-0.1, -0.05) is 72.3 Å². The molecule has 3 aromatic carbocycles. The maximum Gasteiger partial charge on any atom is 0.278 e. The maximum absolute atomic E-state index is 12.8. The van der Waals surface area contributed by atoms with Crippen molar-refractivity contribution in [2.45, 2.75) is 0 Å². The Labute approximate surface area is 161 Å². The van der Waals surface area contributed by atoms with Crippen LogP contribution in [0.1, 0.15) is 10.5 Å². The summed E-state index contributed by atoms with van der Waals surface area (Å²) in [6.07, 6.45) is 0. The van der Waals surface area contributed by atoms with Crippen LogP contribution in [0.5, 0.6) is 5.75 Å². The molecule has 0 spiro atoms. The second-order valence-corrected chi connectivity index (χ2v) is 6.47. The van der Waals surface area contributed by atoms with E-state index in [-0.39, 0.29) is 11.4 Å². The summed E-state index contributed by atoms with van der Waals surface area (Å²) >= 11 is 5.97. The third-order valence-corrected chi connectivity index (χ3v) is 4.47. The Bertz CT molecular complexity index is 1140. The number of hydrogen-bond acceptors (Lipinski definition) is 3. The quantitative estimate of drug-likeness (QED) is 0.496. The minimum Gasteiger partial charge on any atom is -0.505 e. The molecule has 4 nitrogen and oxygen atoms in total. The SMILES string of the molecule is O=C(Nc1cccc(Cl)c1)c1nc(-c2ccccc2)c2ccccc2c1O. The lowest BCUT2D eigenvalue weighted by Gasteiger charge is -2.12. The molecule has 0 atom stereocenters. The fourth-order valence-corrected chi connectivity index (χ4v) is 3.17. The van der Waals surface area contributed by atoms with E-state index in [0.29, 0.717) is 21.8 Å². The van der Waals surface area contributed by atoms with Gasteiger partial charge in [0, 0.05) is 27.0 Å². The Kier molecular flexibility index (Phi) is 4.48. The highest BCUT2D eigenvalue weighted by Crippen LogP contribution is 2.34. The molecular formula is C22H15ClN2O2. The van der Waals surface area contributed by atoms with Gasteiger partial charge >= 0.3 is 0 Å². The second-order valence-electron chi connectivity index (χ2n) is 6.03. The topological polar surface area (TPSA) is 62.2 Å². The van der Waals surface area contributed by atoms with Crippen molar-refractivity contribution in [2.24, 2.45) is 0 Å². The van der Waals surface area contributed by atoms with Crippen molar-refractivity contribution in [3.05, 3.63) is 89.6 Å². The average Bonchev–Trinajstić information content (AvgIpc) is 2.69. The Morgan fingerprint density at radius 2 is 1.59 bits per heavy atom. The Morgan fingerprint density at radius 3 is 2.33 bits per heavy atom. The van der Waals surface area contributed by atoms with Crippen LogP contribution in [-0.4, -0.2) is 16.0 Å². The van der Waals surface area contributed by atoms with E-state index < -0.39 is 5.91 Å². The van der Waals surface area contributed by atoms with E-state index in [1.165, 1.54) is 0 Å². The van der Waals surface area contributed by atoms with Crippen LogP contribution in [0.25, 0.3) is 22.0 Å². The van der Waals surface area contributed by atoms with E-state index in [1.54, 1.807) is 30.3 Å². The summed E-state index contributed by atoms with van der Waals surface area (Å²) in [5.74, 6) is -0.650. The molecule has 1 amide bonds. The molecule has 5 heteroatoms. The number of carbonyl (C=O) groups is 1. The number of aromatic hydroxyl groups is 1. The number of halogens is 1. The molecule has 4 aromatic rings. The minimum atomic E-state index is -0.502. The molecule has 0 saturated heterocycles. The van der Waals surface area contributed by atoms with E-state index in [9.17, 15) is 9.90 Å². The van der Waals surface area contributed by atoms with E-state index in [4.69, 9.17) is 11.6 Å². The lowest BCUT2D eigenvalue weighted by Crippen LogP contribution is -2.14. The number of nitrogens with zero attached hydrogens (tertiary/aromatic N) is 1. The fraction of sp³-hybridized carbons (Fsp3) is 0. The van der Waals surface area contributed by atoms with E-state index in [2.05, 4.69) is 10.3 Å². The van der Waals surface area contributed by atoms with Crippen molar-refractivity contribution in [3.63, 3.8) is 0 Å². The van der Waals surface area contributed by atoms with Gasteiger partial charge in [0.1, 0.15) is 0 Å². The molecule has 0 aliphatic carbocycles. The number of anilines is 1. The van der Waals surface area contributed by atoms with E-state index in [1.807, 2.05) is 48.5 Å². The Hall–Kier alpha value is -3.37. The summed E-state index contributed by atoms with van der Waals surface area (Å²) in [7, 11) is 0. The number of rotatable bonds is 3. The van der Waals surface area contributed by atoms with Gasteiger partial charge in [-0.2, -0.15) is 0 Å². The van der Waals surface area contributed by atoms with Crippen molar-refractivity contribution in [2.75, 3.05) is 5.32 Å². The first-order chi connectivity index (χ1) is 13.1. The molecule has 4 rings (SSSR count). The van der Waals surface area contributed by atoms with Crippen LogP contribution >= 0.6 is 11.6 Å². The summed E-state index contributed by atoms with van der Waals surface area (Å²) in [6.45, 7) is 0. The van der Waals surface area contributed by atoms with Crippen molar-refractivity contribution in [1.29, 1.82) is 0 Å². The van der Waals surface area contributed by atoms with Crippen LogP contribution in [0, 0.1) is 0 Å². The number of aromatic nitrogens is 1. The molecule has 0 fully saturated rings. The highest BCUT2D eigenvalue weighted by atomic mass is 35.5. The van der Waals surface area contributed by atoms with E-state index >= 15 is 0 Å². The predicted molar refractivity (Wildman–Crippen MR) is 108 cm³/mol. The number of benzene rings is 3. The predicted octanol–water partition coefficient (Wildman–Crippen LogP) is 5.51. The van der Waals surface area contributed by atoms with Crippen LogP contribution in [-0.2, 0) is 0 Å². The second kappa shape index (κ2) is 7.09. The van der Waals surface area contributed by atoms with Crippen molar-refractivity contribution < 1.29 is 9.90 Å². The van der Waals surface area contributed by atoms with Gasteiger partial charge < -0.3 is 10.4 Å². The molecule has 27 heavy (non-hydrogen) atoms. The highest BCUT2D eigenvalue weighted by molar-refractivity contribution is 6.31. The molecule has 0 aliphatic heterocycles. The monoisotopic (exact) mass is 374 g/mol. The maximum atomic E-state index is 12.8. The lowest BCUT2D eigenvalue weighted by atomic mass is 10.0. The zero-order valence-electron chi connectivity index (χ0n) is 14.2. The van der Waals surface area contributed by atoms with Crippen LogP contribution in [0.15, 0.2) is 78.9 Å². The third-order valence-electron chi connectivity index (χ3n) is 4.23. The molecule has 1 aromatic heterocycles. The van der Waals surface area contributed by atoms with Gasteiger partial charge in [-0.05, 0) is 18.2 Å². The van der Waals surface area contributed by atoms with Gasteiger partial charge in [-0.15, -0.1) is 0 Å².